The highest BCUT2D eigenvalue weighted by atomic mass is 16.5. The average Bonchev–Trinajstić information content (AvgIpc) is 2.47. The van der Waals surface area contributed by atoms with Gasteiger partial charge in [-0.1, -0.05) is 12.1 Å². The van der Waals surface area contributed by atoms with Crippen LogP contribution in [0.1, 0.15) is 46.8 Å². The number of benzene rings is 1. The number of methoxy groups -OCH3 is 1. The highest BCUT2D eigenvalue weighted by molar-refractivity contribution is 5.38. The summed E-state index contributed by atoms with van der Waals surface area (Å²) in [4.78, 5) is 4.78. The number of hydrogen-bond acceptors (Lipinski definition) is 2. The molecular formula is C19H23NO. The highest BCUT2D eigenvalue weighted by Crippen LogP contribution is 2.36. The van der Waals surface area contributed by atoms with Crippen molar-refractivity contribution in [2.75, 3.05) is 7.11 Å². The fraction of sp³-hybridized carbons (Fsp3) is 0.421. The van der Waals surface area contributed by atoms with Gasteiger partial charge in [-0.15, -0.1) is 0 Å². The minimum Gasteiger partial charge on any atom is -0.497 e. The Hall–Kier alpha value is -1.83. The lowest BCUT2D eigenvalue weighted by Gasteiger charge is -2.27. The molecule has 0 fully saturated rings. The van der Waals surface area contributed by atoms with E-state index in [-0.39, 0.29) is 0 Å². The first-order valence-electron chi connectivity index (χ1n) is 7.77. The lowest BCUT2D eigenvalue weighted by atomic mass is 9.79. The predicted octanol–water partition coefficient (Wildman–Crippen LogP) is 4.37. The Morgan fingerprint density at radius 3 is 2.90 bits per heavy atom. The van der Waals surface area contributed by atoms with E-state index in [1.54, 1.807) is 7.11 Å². The monoisotopic (exact) mass is 281 g/mol. The molecule has 0 aliphatic heterocycles. The molecule has 0 radical (unpaired) electrons. The second-order valence-electron chi connectivity index (χ2n) is 6.09. The molecule has 0 amide bonds. The van der Waals surface area contributed by atoms with Gasteiger partial charge in [0.25, 0.3) is 0 Å². The van der Waals surface area contributed by atoms with E-state index in [1.807, 2.05) is 6.07 Å². The summed E-state index contributed by atoms with van der Waals surface area (Å²) in [6.07, 6.45) is 4.72. The zero-order valence-corrected chi connectivity index (χ0v) is 13.1. The van der Waals surface area contributed by atoms with Gasteiger partial charge < -0.3 is 4.74 Å². The van der Waals surface area contributed by atoms with E-state index in [0.29, 0.717) is 5.92 Å². The van der Waals surface area contributed by atoms with E-state index in [9.17, 15) is 0 Å². The Kier molecular flexibility index (Phi) is 3.96. The molecule has 1 aliphatic rings. The quantitative estimate of drug-likeness (QED) is 0.833. The van der Waals surface area contributed by atoms with Gasteiger partial charge in [0.15, 0.2) is 0 Å². The number of ether oxygens (including phenoxy) is 1. The Morgan fingerprint density at radius 1 is 1.24 bits per heavy atom. The topological polar surface area (TPSA) is 22.1 Å². The second kappa shape index (κ2) is 5.88. The van der Waals surface area contributed by atoms with Gasteiger partial charge in [0.2, 0.25) is 0 Å². The minimum atomic E-state index is 0.592. The lowest BCUT2D eigenvalue weighted by Crippen LogP contribution is -2.16. The number of nitrogens with zero attached hydrogens (tertiary/aromatic N) is 1. The van der Waals surface area contributed by atoms with Crippen LogP contribution in [0.3, 0.4) is 0 Å². The van der Waals surface area contributed by atoms with Crippen molar-refractivity contribution in [3.05, 3.63) is 58.4 Å². The number of aryl methyl sites for hydroxylation is 3. The first kappa shape index (κ1) is 14.1. The molecule has 110 valence electrons. The Labute approximate surface area is 127 Å². The van der Waals surface area contributed by atoms with Crippen molar-refractivity contribution in [2.45, 2.75) is 45.4 Å². The van der Waals surface area contributed by atoms with Crippen molar-refractivity contribution in [2.24, 2.45) is 0 Å². The Morgan fingerprint density at radius 2 is 2.10 bits per heavy atom. The average molecular weight is 281 g/mol. The van der Waals surface area contributed by atoms with Gasteiger partial charge in [-0.3, -0.25) is 4.98 Å². The zero-order valence-electron chi connectivity index (χ0n) is 13.1. The Bertz CT molecular complexity index is 648. The fourth-order valence-electron chi connectivity index (χ4n) is 3.62. The predicted molar refractivity (Wildman–Crippen MR) is 86.1 cm³/mol. The summed E-state index contributed by atoms with van der Waals surface area (Å²) in [5, 5.41) is 0. The molecule has 0 bridgehead atoms. The summed E-state index contributed by atoms with van der Waals surface area (Å²) in [7, 11) is 1.73. The van der Waals surface area contributed by atoms with Crippen molar-refractivity contribution in [3.63, 3.8) is 0 Å². The molecular weight excluding hydrogens is 258 g/mol. The number of rotatable bonds is 3. The molecule has 0 saturated heterocycles. The molecule has 1 aromatic heterocycles. The van der Waals surface area contributed by atoms with E-state index >= 15 is 0 Å². The molecule has 0 N–H and O–H groups in total. The molecule has 2 aromatic rings. The number of aromatic nitrogens is 1. The van der Waals surface area contributed by atoms with E-state index in [0.717, 1.165) is 24.3 Å². The van der Waals surface area contributed by atoms with Gasteiger partial charge in [0.1, 0.15) is 5.75 Å². The van der Waals surface area contributed by atoms with Crippen LogP contribution in [0.2, 0.25) is 0 Å². The van der Waals surface area contributed by atoms with Gasteiger partial charge >= 0.3 is 0 Å². The van der Waals surface area contributed by atoms with Crippen LogP contribution in [0.15, 0.2) is 30.3 Å². The maximum Gasteiger partial charge on any atom is 0.119 e. The normalized spacial score (nSPS) is 17.4. The van der Waals surface area contributed by atoms with Crippen LogP contribution in [-0.2, 0) is 12.8 Å². The summed E-state index contributed by atoms with van der Waals surface area (Å²) < 4.78 is 5.34. The number of hydrogen-bond donors (Lipinski definition) is 0. The summed E-state index contributed by atoms with van der Waals surface area (Å²) in [5.41, 5.74) is 6.73. The van der Waals surface area contributed by atoms with Gasteiger partial charge in [0, 0.05) is 11.4 Å². The maximum atomic E-state index is 5.34. The third kappa shape index (κ3) is 2.94. The molecule has 2 nitrogen and oxygen atoms in total. The molecule has 1 aliphatic carbocycles. The molecule has 3 rings (SSSR count). The van der Waals surface area contributed by atoms with Gasteiger partial charge in [-0.05, 0) is 80.3 Å². The van der Waals surface area contributed by atoms with E-state index in [4.69, 9.17) is 9.72 Å². The molecule has 0 spiro atoms. The van der Waals surface area contributed by atoms with Crippen LogP contribution in [0.4, 0.5) is 0 Å². The third-order valence-electron chi connectivity index (χ3n) is 4.46. The van der Waals surface area contributed by atoms with Crippen molar-refractivity contribution in [1.82, 2.24) is 4.98 Å². The van der Waals surface area contributed by atoms with Crippen LogP contribution in [-0.4, -0.2) is 12.1 Å². The summed E-state index contributed by atoms with van der Waals surface area (Å²) in [5.74, 6) is 1.54. The van der Waals surface area contributed by atoms with Crippen LogP contribution in [0.5, 0.6) is 5.75 Å². The number of fused-ring (bicyclic) bond motifs is 1. The standard InChI is InChI=1S/C19H23NO/c1-13-10-14(2)20-18-9-5-7-16(19(13)18)11-15-6-4-8-17(12-15)21-3/h4,6,8,10,12,16H,5,7,9,11H2,1-3H3. The molecule has 1 aromatic carbocycles. The second-order valence-corrected chi connectivity index (χ2v) is 6.09. The van der Waals surface area contributed by atoms with E-state index < -0.39 is 0 Å². The van der Waals surface area contributed by atoms with Crippen molar-refractivity contribution in [1.29, 1.82) is 0 Å². The molecule has 1 heterocycles. The maximum absolute atomic E-state index is 5.34. The van der Waals surface area contributed by atoms with Gasteiger partial charge in [-0.25, -0.2) is 0 Å². The van der Waals surface area contributed by atoms with E-state index in [1.165, 1.54) is 35.2 Å². The van der Waals surface area contributed by atoms with Gasteiger partial charge in [0.05, 0.1) is 7.11 Å². The highest BCUT2D eigenvalue weighted by Gasteiger charge is 2.23. The van der Waals surface area contributed by atoms with Crippen LogP contribution in [0.25, 0.3) is 0 Å². The van der Waals surface area contributed by atoms with Crippen molar-refractivity contribution in [3.8, 4) is 5.75 Å². The minimum absolute atomic E-state index is 0.592. The first-order chi connectivity index (χ1) is 10.2. The number of pyridine rings is 1. The summed E-state index contributed by atoms with van der Waals surface area (Å²) in [6.45, 7) is 4.33. The Balaban J connectivity index is 1.91. The fourth-order valence-corrected chi connectivity index (χ4v) is 3.62. The lowest BCUT2D eigenvalue weighted by molar-refractivity contribution is 0.414. The summed E-state index contributed by atoms with van der Waals surface area (Å²) >= 11 is 0. The van der Waals surface area contributed by atoms with Gasteiger partial charge in [-0.2, -0.15) is 0 Å². The van der Waals surface area contributed by atoms with Crippen LogP contribution in [0, 0.1) is 13.8 Å². The molecule has 0 saturated carbocycles. The largest absolute Gasteiger partial charge is 0.497 e. The van der Waals surface area contributed by atoms with E-state index in [2.05, 4.69) is 38.1 Å². The molecule has 2 heteroatoms. The SMILES string of the molecule is COc1cccc(CC2CCCc3nc(C)cc(C)c32)c1. The zero-order chi connectivity index (χ0) is 14.8. The van der Waals surface area contributed by atoms with Crippen LogP contribution < -0.4 is 4.74 Å². The first-order valence-corrected chi connectivity index (χ1v) is 7.77. The third-order valence-corrected chi connectivity index (χ3v) is 4.46. The summed E-state index contributed by atoms with van der Waals surface area (Å²) in [6, 6.07) is 10.7. The molecule has 21 heavy (non-hydrogen) atoms. The molecule has 1 unspecified atom stereocenters. The smallest absolute Gasteiger partial charge is 0.119 e. The molecule has 1 atom stereocenters. The van der Waals surface area contributed by atoms with Crippen LogP contribution >= 0.6 is 0 Å². The van der Waals surface area contributed by atoms with Crippen molar-refractivity contribution >= 4 is 0 Å². The van der Waals surface area contributed by atoms with Crippen molar-refractivity contribution < 1.29 is 4.74 Å².